The summed E-state index contributed by atoms with van der Waals surface area (Å²) in [4.78, 5) is 36.3. The van der Waals surface area contributed by atoms with Crippen molar-refractivity contribution in [3.63, 3.8) is 0 Å². The Morgan fingerprint density at radius 3 is 2.54 bits per heavy atom. The molecule has 8 heteroatoms. The van der Waals surface area contributed by atoms with Crippen molar-refractivity contribution in [3.8, 4) is 0 Å². The van der Waals surface area contributed by atoms with Crippen LogP contribution in [0.15, 0.2) is 60.9 Å². The van der Waals surface area contributed by atoms with Crippen molar-refractivity contribution >= 4 is 23.4 Å². The van der Waals surface area contributed by atoms with Gasteiger partial charge in [0.15, 0.2) is 0 Å². The van der Waals surface area contributed by atoms with E-state index in [1.807, 2.05) is 47.4 Å². The lowest BCUT2D eigenvalue weighted by Gasteiger charge is -2.44. The van der Waals surface area contributed by atoms with Crippen LogP contribution in [0.3, 0.4) is 0 Å². The van der Waals surface area contributed by atoms with E-state index in [9.17, 15) is 9.59 Å². The van der Waals surface area contributed by atoms with Crippen LogP contribution in [0.5, 0.6) is 0 Å². The number of imidazole rings is 1. The maximum Gasteiger partial charge on any atom is 0.245 e. The molecule has 1 saturated heterocycles. The molecule has 0 saturated carbocycles. The first kappa shape index (κ1) is 23.6. The zero-order valence-electron chi connectivity index (χ0n) is 19.6. The number of benzene rings is 2. The monoisotopic (exact) mass is 491 g/mol. The minimum Gasteiger partial charge on any atom is -0.348 e. The number of nitrogens with zero attached hydrogens (tertiary/aromatic N) is 2. The van der Waals surface area contributed by atoms with E-state index in [4.69, 9.17) is 11.6 Å². The lowest BCUT2D eigenvalue weighted by Crippen LogP contribution is -2.58. The fourth-order valence-electron chi connectivity index (χ4n) is 5.26. The average molecular weight is 492 g/mol. The first-order valence-corrected chi connectivity index (χ1v) is 12.5. The Morgan fingerprint density at radius 1 is 1.06 bits per heavy atom. The molecule has 0 aliphatic carbocycles. The van der Waals surface area contributed by atoms with Crippen LogP contribution in [0.4, 0.5) is 0 Å². The largest absolute Gasteiger partial charge is 0.348 e. The third-order valence-corrected chi connectivity index (χ3v) is 7.38. The van der Waals surface area contributed by atoms with Crippen LogP contribution >= 0.6 is 11.6 Å². The van der Waals surface area contributed by atoms with E-state index >= 15 is 0 Å². The van der Waals surface area contributed by atoms with E-state index in [1.54, 1.807) is 18.5 Å². The Morgan fingerprint density at radius 2 is 1.80 bits per heavy atom. The number of fused-ring (bicyclic) bond motifs is 2. The number of aromatic amines is 1. The van der Waals surface area contributed by atoms with Crippen molar-refractivity contribution in [2.45, 2.75) is 43.7 Å². The molecule has 5 rings (SSSR count). The van der Waals surface area contributed by atoms with Gasteiger partial charge in [0.25, 0.3) is 0 Å². The number of rotatable bonds is 6. The molecule has 3 N–H and O–H groups in total. The van der Waals surface area contributed by atoms with Gasteiger partial charge in [0, 0.05) is 43.2 Å². The molecule has 1 spiro atoms. The summed E-state index contributed by atoms with van der Waals surface area (Å²) in [5, 5.41) is 7.31. The highest BCUT2D eigenvalue weighted by molar-refractivity contribution is 6.30. The lowest BCUT2D eigenvalue weighted by atomic mass is 9.80. The number of halogens is 1. The number of nitrogens with one attached hydrogen (secondary N) is 3. The van der Waals surface area contributed by atoms with Gasteiger partial charge >= 0.3 is 0 Å². The highest BCUT2D eigenvalue weighted by atomic mass is 35.5. The minimum absolute atomic E-state index is 0.0359. The van der Waals surface area contributed by atoms with Gasteiger partial charge < -0.3 is 20.5 Å². The molecule has 0 radical (unpaired) electrons. The van der Waals surface area contributed by atoms with Crippen molar-refractivity contribution in [2.24, 2.45) is 0 Å². The summed E-state index contributed by atoms with van der Waals surface area (Å²) in [5.41, 5.74) is 3.97. The zero-order chi connectivity index (χ0) is 24.3. The SMILES string of the molecule is O=C(Cc1ccc(Cl)cc1)N[C@@H](Cc1ccccc1)C(=O)N1CCC2(CC1)NCCc1[nH]cnc12. The first-order chi connectivity index (χ1) is 17.0. The lowest BCUT2D eigenvalue weighted by molar-refractivity contribution is -0.138. The molecule has 182 valence electrons. The average Bonchev–Trinajstić information content (AvgIpc) is 3.37. The van der Waals surface area contributed by atoms with Gasteiger partial charge in [-0.1, -0.05) is 54.1 Å². The minimum atomic E-state index is -0.619. The van der Waals surface area contributed by atoms with Crippen LogP contribution in [0.25, 0.3) is 0 Å². The molecule has 7 nitrogen and oxygen atoms in total. The summed E-state index contributed by atoms with van der Waals surface area (Å²) in [6.45, 7) is 2.15. The number of aromatic nitrogens is 2. The van der Waals surface area contributed by atoms with Gasteiger partial charge in [-0.15, -0.1) is 0 Å². The predicted molar refractivity (Wildman–Crippen MR) is 135 cm³/mol. The van der Waals surface area contributed by atoms with E-state index in [2.05, 4.69) is 20.6 Å². The summed E-state index contributed by atoms with van der Waals surface area (Å²) < 4.78 is 0. The summed E-state index contributed by atoms with van der Waals surface area (Å²) in [6, 6.07) is 16.4. The van der Waals surface area contributed by atoms with Gasteiger partial charge in [0.2, 0.25) is 11.8 Å². The summed E-state index contributed by atoms with van der Waals surface area (Å²) in [5.74, 6) is -0.212. The normalized spacial score (nSPS) is 17.6. The summed E-state index contributed by atoms with van der Waals surface area (Å²) in [6.07, 6.45) is 4.96. The van der Waals surface area contributed by atoms with E-state index < -0.39 is 6.04 Å². The van der Waals surface area contributed by atoms with Gasteiger partial charge in [-0.05, 0) is 36.1 Å². The Labute approximate surface area is 210 Å². The zero-order valence-corrected chi connectivity index (χ0v) is 20.4. The molecule has 3 aromatic rings. The van der Waals surface area contributed by atoms with E-state index in [0.717, 1.165) is 42.6 Å². The van der Waals surface area contributed by atoms with Gasteiger partial charge in [-0.3, -0.25) is 9.59 Å². The van der Waals surface area contributed by atoms with Crippen LogP contribution in [0.2, 0.25) is 5.02 Å². The number of likely N-dealkylation sites (tertiary alicyclic amines) is 1. The van der Waals surface area contributed by atoms with Crippen LogP contribution in [-0.4, -0.2) is 52.4 Å². The fraction of sp³-hybridized carbons (Fsp3) is 0.370. The molecule has 2 aromatic carbocycles. The number of hydrogen-bond acceptors (Lipinski definition) is 4. The number of H-pyrrole nitrogens is 1. The third kappa shape index (κ3) is 5.26. The van der Waals surface area contributed by atoms with Crippen molar-refractivity contribution in [2.75, 3.05) is 19.6 Å². The molecule has 35 heavy (non-hydrogen) atoms. The van der Waals surface area contributed by atoms with Gasteiger partial charge in [-0.2, -0.15) is 0 Å². The van der Waals surface area contributed by atoms with Crippen molar-refractivity contribution in [1.29, 1.82) is 0 Å². The summed E-state index contributed by atoms with van der Waals surface area (Å²) >= 11 is 5.96. The molecule has 1 atom stereocenters. The Hall–Kier alpha value is -3.16. The molecule has 2 aliphatic heterocycles. The molecule has 1 fully saturated rings. The molecule has 2 aliphatic rings. The number of amides is 2. The Bertz CT molecular complexity index is 1170. The topological polar surface area (TPSA) is 90.1 Å². The second-order valence-electron chi connectivity index (χ2n) is 9.43. The molecular formula is C27H30ClN5O2. The highest BCUT2D eigenvalue weighted by Gasteiger charge is 2.42. The molecule has 2 amide bonds. The van der Waals surface area contributed by atoms with E-state index in [0.29, 0.717) is 24.5 Å². The van der Waals surface area contributed by atoms with Gasteiger partial charge in [0.05, 0.1) is 24.0 Å². The predicted octanol–water partition coefficient (Wildman–Crippen LogP) is 3.00. The maximum atomic E-state index is 13.7. The number of piperidine rings is 1. The van der Waals surface area contributed by atoms with Crippen LogP contribution in [0, 0.1) is 0 Å². The number of hydrogen-bond donors (Lipinski definition) is 3. The van der Waals surface area contributed by atoms with Gasteiger partial charge in [-0.25, -0.2) is 4.98 Å². The number of carbonyl (C=O) groups is 2. The molecule has 3 heterocycles. The Balaban J connectivity index is 1.28. The standard InChI is InChI=1S/C27H30ClN5O2/c28-21-8-6-20(7-9-21)17-24(34)32-23(16-19-4-2-1-3-5-19)26(35)33-14-11-27(12-15-33)25-22(10-13-31-27)29-18-30-25/h1-9,18,23,31H,10-17H2,(H,29,30)(H,32,34)/t23-/m0/s1. The molecule has 0 unspecified atom stereocenters. The van der Waals surface area contributed by atoms with E-state index in [1.165, 1.54) is 5.69 Å². The smallest absolute Gasteiger partial charge is 0.245 e. The third-order valence-electron chi connectivity index (χ3n) is 7.13. The summed E-state index contributed by atoms with van der Waals surface area (Å²) in [7, 11) is 0. The number of carbonyl (C=O) groups excluding carboxylic acids is 2. The van der Waals surface area contributed by atoms with Crippen LogP contribution in [0.1, 0.15) is 35.4 Å². The van der Waals surface area contributed by atoms with Gasteiger partial charge in [0.1, 0.15) is 6.04 Å². The second kappa shape index (κ2) is 10.2. The highest BCUT2D eigenvalue weighted by Crippen LogP contribution is 2.36. The Kier molecular flexibility index (Phi) is 6.88. The molecular weight excluding hydrogens is 462 g/mol. The van der Waals surface area contributed by atoms with E-state index in [-0.39, 0.29) is 23.8 Å². The van der Waals surface area contributed by atoms with Crippen LogP contribution < -0.4 is 10.6 Å². The van der Waals surface area contributed by atoms with Crippen molar-refractivity contribution in [3.05, 3.63) is 88.5 Å². The molecule has 0 bridgehead atoms. The molecule has 1 aromatic heterocycles. The van der Waals surface area contributed by atoms with Crippen LogP contribution in [-0.2, 0) is 34.4 Å². The quantitative estimate of drug-likeness (QED) is 0.494. The van der Waals surface area contributed by atoms with Crippen molar-refractivity contribution in [1.82, 2.24) is 25.5 Å². The first-order valence-electron chi connectivity index (χ1n) is 12.2. The maximum absolute atomic E-state index is 13.7. The van der Waals surface area contributed by atoms with Crippen molar-refractivity contribution < 1.29 is 9.59 Å². The second-order valence-corrected chi connectivity index (χ2v) is 9.86. The fourth-order valence-corrected chi connectivity index (χ4v) is 5.39.